The highest BCUT2D eigenvalue weighted by molar-refractivity contribution is 5.66. The Hall–Kier alpha value is -1.12. The van der Waals surface area contributed by atoms with Crippen LogP contribution in [-0.4, -0.2) is 28.5 Å². The molecule has 13 heavy (non-hydrogen) atoms. The van der Waals surface area contributed by atoms with Crippen LogP contribution in [-0.2, 0) is 9.53 Å². The molecule has 1 saturated heterocycles. The van der Waals surface area contributed by atoms with Crippen LogP contribution in [0.3, 0.4) is 0 Å². The lowest BCUT2D eigenvalue weighted by molar-refractivity contribution is -0.260. The van der Waals surface area contributed by atoms with Crippen LogP contribution < -0.4 is 0 Å². The number of esters is 1. The smallest absolute Gasteiger partial charge is 0.305 e. The molecule has 0 spiro atoms. The van der Waals surface area contributed by atoms with Gasteiger partial charge in [-0.2, -0.15) is 5.26 Å². The van der Waals surface area contributed by atoms with Crippen molar-refractivity contribution in [1.82, 2.24) is 5.06 Å². The lowest BCUT2D eigenvalue weighted by Crippen LogP contribution is -2.51. The van der Waals surface area contributed by atoms with Crippen LogP contribution in [0.25, 0.3) is 0 Å². The summed E-state index contributed by atoms with van der Waals surface area (Å²) in [5, 5.41) is 19.0. The first-order valence-corrected chi connectivity index (χ1v) is 4.18. The van der Waals surface area contributed by atoms with Gasteiger partial charge in [0.25, 0.3) is 5.72 Å². The molecule has 1 aliphatic heterocycles. The first-order valence-electron chi connectivity index (χ1n) is 4.18. The number of hydroxylamine groups is 2. The number of hydrogen-bond donors (Lipinski definition) is 1. The van der Waals surface area contributed by atoms with Crippen LogP contribution in [0.15, 0.2) is 0 Å². The highest BCUT2D eigenvalue weighted by Gasteiger charge is 2.42. The zero-order valence-corrected chi connectivity index (χ0v) is 7.49. The molecule has 0 aromatic rings. The summed E-state index contributed by atoms with van der Waals surface area (Å²) in [6, 6.07) is 1.83. The Balaban J connectivity index is 2.77. The second kappa shape index (κ2) is 3.73. The van der Waals surface area contributed by atoms with Gasteiger partial charge in [0.05, 0.1) is 0 Å². The van der Waals surface area contributed by atoms with Gasteiger partial charge in [-0.05, 0) is 12.8 Å². The summed E-state index contributed by atoms with van der Waals surface area (Å²) in [5.41, 5.74) is -1.45. The largest absolute Gasteiger partial charge is 0.428 e. The molecule has 0 aliphatic carbocycles. The standard InChI is InChI=1S/C8H12N2O3/c1-7(11)13-8(6-9)4-2-3-5-10(8)12/h12H,2-5H2,1H3. The fraction of sp³-hybridized carbons (Fsp3) is 0.750. The summed E-state index contributed by atoms with van der Waals surface area (Å²) in [4.78, 5) is 10.7. The molecule has 0 radical (unpaired) electrons. The van der Waals surface area contributed by atoms with Gasteiger partial charge in [0.15, 0.2) is 0 Å². The fourth-order valence-electron chi connectivity index (χ4n) is 1.41. The van der Waals surface area contributed by atoms with E-state index in [4.69, 9.17) is 10.00 Å². The zero-order chi connectivity index (χ0) is 9.90. The molecule has 5 nitrogen and oxygen atoms in total. The Kier molecular flexibility index (Phi) is 2.86. The van der Waals surface area contributed by atoms with Gasteiger partial charge in [-0.25, -0.2) is 0 Å². The highest BCUT2D eigenvalue weighted by Crippen LogP contribution is 2.27. The highest BCUT2D eigenvalue weighted by atomic mass is 16.6. The van der Waals surface area contributed by atoms with E-state index in [9.17, 15) is 10.0 Å². The normalized spacial score (nSPS) is 29.3. The molecule has 1 fully saturated rings. The number of rotatable bonds is 1. The summed E-state index contributed by atoms with van der Waals surface area (Å²) in [6.07, 6.45) is 1.94. The van der Waals surface area contributed by atoms with Crippen LogP contribution >= 0.6 is 0 Å². The molecule has 1 atom stereocenters. The number of nitrogens with zero attached hydrogens (tertiary/aromatic N) is 2. The monoisotopic (exact) mass is 184 g/mol. The lowest BCUT2D eigenvalue weighted by atomic mass is 10.0. The van der Waals surface area contributed by atoms with Gasteiger partial charge in [0.1, 0.15) is 6.07 Å². The summed E-state index contributed by atoms with van der Waals surface area (Å²) in [5.74, 6) is -0.553. The van der Waals surface area contributed by atoms with Crippen molar-refractivity contribution >= 4 is 5.97 Å². The number of nitriles is 1. The Morgan fingerprint density at radius 2 is 2.38 bits per heavy atom. The Morgan fingerprint density at radius 1 is 1.69 bits per heavy atom. The van der Waals surface area contributed by atoms with E-state index < -0.39 is 11.7 Å². The molecule has 1 aliphatic rings. The average molecular weight is 184 g/mol. The number of carbonyl (C=O) groups excluding carboxylic acids is 1. The molecule has 1 unspecified atom stereocenters. The SMILES string of the molecule is CC(=O)OC1(C#N)CCCCN1O. The number of hydrogen-bond acceptors (Lipinski definition) is 5. The molecular formula is C8H12N2O3. The topological polar surface area (TPSA) is 73.6 Å². The average Bonchev–Trinajstić information content (AvgIpc) is 2.08. The maximum absolute atomic E-state index is 10.7. The number of piperidine rings is 1. The van der Waals surface area contributed by atoms with Crippen LogP contribution in [0, 0.1) is 11.3 Å². The second-order valence-corrected chi connectivity index (χ2v) is 3.07. The first-order chi connectivity index (χ1) is 6.10. The van der Waals surface area contributed by atoms with E-state index in [1.165, 1.54) is 6.92 Å². The maximum atomic E-state index is 10.7. The second-order valence-electron chi connectivity index (χ2n) is 3.07. The molecule has 72 valence electrons. The lowest BCUT2D eigenvalue weighted by Gasteiger charge is -2.36. The van der Waals surface area contributed by atoms with E-state index in [-0.39, 0.29) is 0 Å². The molecule has 1 heterocycles. The Labute approximate surface area is 76.5 Å². The van der Waals surface area contributed by atoms with Crippen molar-refractivity contribution in [3.05, 3.63) is 0 Å². The van der Waals surface area contributed by atoms with Gasteiger partial charge < -0.3 is 9.94 Å². The van der Waals surface area contributed by atoms with Crippen molar-refractivity contribution in [2.75, 3.05) is 6.54 Å². The van der Waals surface area contributed by atoms with Gasteiger partial charge >= 0.3 is 5.97 Å². The summed E-state index contributed by atoms with van der Waals surface area (Å²) in [6.45, 7) is 1.59. The van der Waals surface area contributed by atoms with E-state index in [1.54, 1.807) is 0 Å². The van der Waals surface area contributed by atoms with E-state index in [0.717, 1.165) is 17.9 Å². The summed E-state index contributed by atoms with van der Waals surface area (Å²) >= 11 is 0. The molecule has 1 N–H and O–H groups in total. The molecule has 0 saturated carbocycles. The summed E-state index contributed by atoms with van der Waals surface area (Å²) in [7, 11) is 0. The first kappa shape index (κ1) is 9.96. The van der Waals surface area contributed by atoms with Crippen molar-refractivity contribution < 1.29 is 14.7 Å². The Morgan fingerprint density at radius 3 is 2.85 bits per heavy atom. The van der Waals surface area contributed by atoms with Crippen molar-refractivity contribution in [3.63, 3.8) is 0 Å². The van der Waals surface area contributed by atoms with Gasteiger partial charge in [-0.1, -0.05) is 0 Å². The van der Waals surface area contributed by atoms with E-state index in [2.05, 4.69) is 0 Å². The minimum Gasteiger partial charge on any atom is -0.428 e. The predicted octanol–water partition coefficient (Wildman–Crippen LogP) is 0.644. The maximum Gasteiger partial charge on any atom is 0.305 e. The molecule has 0 aromatic carbocycles. The van der Waals surface area contributed by atoms with Crippen LogP contribution in [0.5, 0.6) is 0 Å². The van der Waals surface area contributed by atoms with Gasteiger partial charge in [-0.15, -0.1) is 5.06 Å². The minimum absolute atomic E-state index is 0.361. The van der Waals surface area contributed by atoms with Crippen LogP contribution in [0.1, 0.15) is 26.2 Å². The molecule has 1 rings (SSSR count). The van der Waals surface area contributed by atoms with E-state index >= 15 is 0 Å². The zero-order valence-electron chi connectivity index (χ0n) is 7.49. The third kappa shape index (κ3) is 1.97. The molecule has 0 amide bonds. The van der Waals surface area contributed by atoms with Crippen molar-refractivity contribution in [3.8, 4) is 6.07 Å². The van der Waals surface area contributed by atoms with Crippen molar-refractivity contribution in [2.45, 2.75) is 31.9 Å². The Bertz CT molecular complexity index is 248. The third-order valence-electron chi connectivity index (χ3n) is 2.04. The van der Waals surface area contributed by atoms with Gasteiger partial charge in [-0.3, -0.25) is 4.79 Å². The van der Waals surface area contributed by atoms with E-state index in [0.29, 0.717) is 13.0 Å². The minimum atomic E-state index is -1.45. The molecule has 5 heteroatoms. The molecule has 0 aromatic heterocycles. The number of ether oxygens (including phenoxy) is 1. The van der Waals surface area contributed by atoms with E-state index in [1.807, 2.05) is 6.07 Å². The van der Waals surface area contributed by atoms with Gasteiger partial charge in [0.2, 0.25) is 0 Å². The molecule has 0 bridgehead atoms. The predicted molar refractivity (Wildman–Crippen MR) is 42.5 cm³/mol. The summed E-state index contributed by atoms with van der Waals surface area (Å²) < 4.78 is 4.82. The molecular weight excluding hydrogens is 172 g/mol. The number of carbonyl (C=O) groups is 1. The fourth-order valence-corrected chi connectivity index (χ4v) is 1.41. The van der Waals surface area contributed by atoms with Crippen LogP contribution in [0.4, 0.5) is 0 Å². The van der Waals surface area contributed by atoms with Crippen molar-refractivity contribution in [2.24, 2.45) is 0 Å². The van der Waals surface area contributed by atoms with Crippen molar-refractivity contribution in [1.29, 1.82) is 5.26 Å². The quantitative estimate of drug-likeness (QED) is 0.605. The van der Waals surface area contributed by atoms with Crippen LogP contribution in [0.2, 0.25) is 0 Å². The third-order valence-corrected chi connectivity index (χ3v) is 2.04. The van der Waals surface area contributed by atoms with Gasteiger partial charge in [0, 0.05) is 19.9 Å².